The van der Waals surface area contributed by atoms with Gasteiger partial charge in [0.1, 0.15) is 23.0 Å². The van der Waals surface area contributed by atoms with Gasteiger partial charge < -0.3 is 4.90 Å². The van der Waals surface area contributed by atoms with Crippen LogP contribution in [0.25, 0.3) is 10.2 Å². The van der Waals surface area contributed by atoms with Crippen LogP contribution in [0.1, 0.15) is 5.56 Å². The molecule has 8 heteroatoms. The molecule has 0 fully saturated rings. The Morgan fingerprint density at radius 3 is 2.41 bits per heavy atom. The number of benzene rings is 2. The number of fused-ring (bicyclic) bond motifs is 1. The number of pyridine rings is 1. The van der Waals surface area contributed by atoms with E-state index in [0.29, 0.717) is 16.2 Å². The molecular formula is C19H13ClF3N3S. The van der Waals surface area contributed by atoms with Crippen molar-refractivity contribution in [1.29, 1.82) is 0 Å². The first-order valence-corrected chi connectivity index (χ1v) is 8.59. The van der Waals surface area contributed by atoms with Gasteiger partial charge in [-0.2, -0.15) is 0 Å². The number of thiazole rings is 1. The van der Waals surface area contributed by atoms with Crippen molar-refractivity contribution in [2.75, 3.05) is 4.90 Å². The number of para-hydroxylation sites is 1. The molecule has 0 unspecified atom stereocenters. The second-order valence-corrected chi connectivity index (χ2v) is 6.66. The fraction of sp³-hybridized carbons (Fsp3) is 0.0526. The van der Waals surface area contributed by atoms with E-state index in [2.05, 4.69) is 9.97 Å². The summed E-state index contributed by atoms with van der Waals surface area (Å²) in [5.74, 6) is -1.80. The molecule has 0 bridgehead atoms. The van der Waals surface area contributed by atoms with Gasteiger partial charge in [-0.05, 0) is 35.9 Å². The van der Waals surface area contributed by atoms with E-state index in [-0.39, 0.29) is 24.6 Å². The molecule has 2 aromatic carbocycles. The molecule has 2 aromatic heterocycles. The number of hydrogen-bond acceptors (Lipinski definition) is 4. The summed E-state index contributed by atoms with van der Waals surface area (Å²) in [5.41, 5.74) is 1.34. The summed E-state index contributed by atoms with van der Waals surface area (Å²) in [6.45, 7) is 0.0723. The van der Waals surface area contributed by atoms with Gasteiger partial charge in [-0.25, -0.2) is 18.2 Å². The first-order valence-electron chi connectivity index (χ1n) is 7.78. The molecule has 138 valence electrons. The second-order valence-electron chi connectivity index (χ2n) is 5.66. The van der Waals surface area contributed by atoms with Crippen molar-refractivity contribution < 1.29 is 13.2 Å². The van der Waals surface area contributed by atoms with E-state index < -0.39 is 17.5 Å². The highest BCUT2D eigenvalue weighted by molar-refractivity contribution is 7.22. The molecule has 0 aliphatic carbocycles. The van der Waals surface area contributed by atoms with Gasteiger partial charge in [0.25, 0.3) is 0 Å². The van der Waals surface area contributed by atoms with Crippen LogP contribution < -0.4 is 4.90 Å². The normalized spacial score (nSPS) is 10.6. The van der Waals surface area contributed by atoms with Gasteiger partial charge in [0, 0.05) is 12.3 Å². The van der Waals surface area contributed by atoms with Crippen LogP contribution in [-0.4, -0.2) is 9.97 Å². The first-order chi connectivity index (χ1) is 12.6. The maximum Gasteiger partial charge on any atom is 0.191 e. The molecule has 0 saturated carbocycles. The average molecular weight is 408 g/mol. The summed E-state index contributed by atoms with van der Waals surface area (Å²) in [6.07, 6.45) is 3.27. The highest BCUT2D eigenvalue weighted by Gasteiger charge is 2.19. The molecule has 0 amide bonds. The van der Waals surface area contributed by atoms with Crippen molar-refractivity contribution in [1.82, 2.24) is 9.97 Å². The summed E-state index contributed by atoms with van der Waals surface area (Å²) in [6, 6.07) is 11.3. The highest BCUT2D eigenvalue weighted by atomic mass is 35.5. The summed E-state index contributed by atoms with van der Waals surface area (Å²) in [4.78, 5) is 10.1. The van der Waals surface area contributed by atoms with Crippen molar-refractivity contribution in [2.45, 2.75) is 6.54 Å². The fourth-order valence-electron chi connectivity index (χ4n) is 2.69. The smallest absolute Gasteiger partial charge is 0.191 e. The van der Waals surface area contributed by atoms with Crippen molar-refractivity contribution in [3.05, 3.63) is 83.9 Å². The van der Waals surface area contributed by atoms with E-state index >= 15 is 0 Å². The molecule has 2 heterocycles. The highest BCUT2D eigenvalue weighted by Crippen LogP contribution is 2.35. The maximum absolute atomic E-state index is 14.4. The Labute approximate surface area is 163 Å². The van der Waals surface area contributed by atoms with E-state index in [1.807, 2.05) is 6.07 Å². The van der Waals surface area contributed by atoms with Crippen LogP contribution in [0, 0.1) is 17.5 Å². The fourth-order valence-corrected chi connectivity index (χ4v) is 3.64. The lowest BCUT2D eigenvalue weighted by atomic mass is 10.2. The Kier molecular flexibility index (Phi) is 5.62. The second kappa shape index (κ2) is 7.94. The molecule has 0 saturated heterocycles. The van der Waals surface area contributed by atoms with Gasteiger partial charge in [0.15, 0.2) is 5.13 Å². The van der Waals surface area contributed by atoms with Gasteiger partial charge >= 0.3 is 0 Å². The van der Waals surface area contributed by atoms with Crippen LogP contribution in [-0.2, 0) is 6.54 Å². The summed E-state index contributed by atoms with van der Waals surface area (Å²) < 4.78 is 42.5. The molecule has 0 aliphatic rings. The molecule has 0 radical (unpaired) electrons. The minimum atomic E-state index is -0.679. The zero-order valence-corrected chi connectivity index (χ0v) is 15.4. The zero-order valence-electron chi connectivity index (χ0n) is 13.8. The van der Waals surface area contributed by atoms with Gasteiger partial charge in [0.05, 0.1) is 23.1 Å². The SMILES string of the molecule is Cl.Fc1cc(F)cc(CN(c2nc3cnccc3s2)c2ccccc2F)c1. The predicted octanol–water partition coefficient (Wildman–Crippen LogP) is 5.87. The third-order valence-corrected chi connectivity index (χ3v) is 4.88. The summed E-state index contributed by atoms with van der Waals surface area (Å²) >= 11 is 1.36. The van der Waals surface area contributed by atoms with Crippen LogP contribution in [0.4, 0.5) is 24.0 Å². The number of halogens is 4. The first kappa shape index (κ1) is 19.1. The number of hydrogen-bond donors (Lipinski definition) is 0. The monoisotopic (exact) mass is 407 g/mol. The number of rotatable bonds is 4. The molecule has 0 aliphatic heterocycles. The molecule has 3 nitrogen and oxygen atoms in total. The third kappa shape index (κ3) is 4.04. The van der Waals surface area contributed by atoms with Crippen molar-refractivity contribution in [3.8, 4) is 0 Å². The van der Waals surface area contributed by atoms with Gasteiger partial charge in [-0.15, -0.1) is 12.4 Å². The van der Waals surface area contributed by atoms with Gasteiger partial charge in [0.2, 0.25) is 0 Å². The van der Waals surface area contributed by atoms with Crippen LogP contribution in [0.15, 0.2) is 60.9 Å². The lowest BCUT2D eigenvalue weighted by Crippen LogP contribution is -2.17. The summed E-state index contributed by atoms with van der Waals surface area (Å²) in [7, 11) is 0. The lowest BCUT2D eigenvalue weighted by molar-refractivity contribution is 0.579. The largest absolute Gasteiger partial charge is 0.311 e. The molecule has 0 N–H and O–H groups in total. The zero-order chi connectivity index (χ0) is 18.1. The Bertz CT molecular complexity index is 1030. The van der Waals surface area contributed by atoms with Crippen LogP contribution in [0.3, 0.4) is 0 Å². The molecule has 4 rings (SSSR count). The van der Waals surface area contributed by atoms with E-state index in [1.165, 1.54) is 29.5 Å². The van der Waals surface area contributed by atoms with Crippen molar-refractivity contribution in [3.63, 3.8) is 0 Å². The number of nitrogens with zero attached hydrogens (tertiary/aromatic N) is 3. The van der Waals surface area contributed by atoms with Gasteiger partial charge in [-0.3, -0.25) is 4.98 Å². The Hall–Kier alpha value is -2.64. The number of anilines is 2. The third-order valence-electron chi connectivity index (χ3n) is 3.82. The minimum Gasteiger partial charge on any atom is -0.311 e. The standard InChI is InChI=1S/C19H12F3N3S.ClH/c20-13-7-12(8-14(21)9-13)11-25(17-4-2-1-3-15(17)22)19-24-16-10-23-6-5-18(16)26-19;/h1-10H,11H2;1H. The van der Waals surface area contributed by atoms with Crippen LogP contribution in [0.2, 0.25) is 0 Å². The van der Waals surface area contributed by atoms with E-state index in [9.17, 15) is 13.2 Å². The quantitative estimate of drug-likeness (QED) is 0.423. The van der Waals surface area contributed by atoms with E-state index in [4.69, 9.17) is 0 Å². The minimum absolute atomic E-state index is 0. The molecule has 0 atom stereocenters. The Balaban J connectivity index is 0.00000210. The molecule has 27 heavy (non-hydrogen) atoms. The summed E-state index contributed by atoms with van der Waals surface area (Å²) in [5, 5.41) is 0.516. The van der Waals surface area contributed by atoms with Crippen molar-refractivity contribution >= 4 is 44.8 Å². The van der Waals surface area contributed by atoms with Crippen LogP contribution >= 0.6 is 23.7 Å². The predicted molar refractivity (Wildman–Crippen MR) is 103 cm³/mol. The van der Waals surface area contributed by atoms with Gasteiger partial charge in [-0.1, -0.05) is 23.5 Å². The lowest BCUT2D eigenvalue weighted by Gasteiger charge is -2.22. The van der Waals surface area contributed by atoms with E-state index in [1.54, 1.807) is 35.5 Å². The Morgan fingerprint density at radius 1 is 0.963 bits per heavy atom. The topological polar surface area (TPSA) is 29.0 Å². The maximum atomic E-state index is 14.4. The molecular weight excluding hydrogens is 395 g/mol. The van der Waals surface area contributed by atoms with Crippen LogP contribution in [0.5, 0.6) is 0 Å². The van der Waals surface area contributed by atoms with E-state index in [0.717, 1.165) is 10.8 Å². The number of aromatic nitrogens is 2. The Morgan fingerprint density at radius 2 is 1.70 bits per heavy atom. The average Bonchev–Trinajstić information content (AvgIpc) is 3.03. The molecule has 4 aromatic rings. The van der Waals surface area contributed by atoms with Crippen molar-refractivity contribution in [2.24, 2.45) is 0 Å². The molecule has 0 spiro atoms.